The Morgan fingerprint density at radius 1 is 1.27 bits per heavy atom. The number of rotatable bonds is 6. The summed E-state index contributed by atoms with van der Waals surface area (Å²) in [7, 11) is 0. The molecule has 0 unspecified atom stereocenters. The zero-order valence-electron chi connectivity index (χ0n) is 15.2. The Kier molecular flexibility index (Phi) is 5.16. The quantitative estimate of drug-likeness (QED) is 0.734. The summed E-state index contributed by atoms with van der Waals surface area (Å²) in [6.45, 7) is 5.87. The summed E-state index contributed by atoms with van der Waals surface area (Å²) in [5.41, 5.74) is 1.57. The fraction of sp³-hybridized carbons (Fsp3) is 0.368. The molecule has 0 fully saturated rings. The molecule has 1 atom stereocenters. The molecule has 1 amide bonds. The molecule has 0 aliphatic rings. The molecule has 3 aromatic rings. The summed E-state index contributed by atoms with van der Waals surface area (Å²) < 4.78 is 6.34. The van der Waals surface area contributed by atoms with Crippen LogP contribution in [-0.4, -0.2) is 27.4 Å². The number of amides is 1. The molecule has 2 heterocycles. The van der Waals surface area contributed by atoms with E-state index in [1.807, 2.05) is 37.3 Å². The van der Waals surface area contributed by atoms with Crippen molar-refractivity contribution in [3.63, 3.8) is 0 Å². The van der Waals surface area contributed by atoms with Crippen LogP contribution in [-0.2, 0) is 11.2 Å². The van der Waals surface area contributed by atoms with Crippen molar-refractivity contribution in [3.8, 4) is 0 Å². The first-order valence-electron chi connectivity index (χ1n) is 8.70. The molecule has 7 nitrogen and oxygen atoms in total. The zero-order valence-corrected chi connectivity index (χ0v) is 15.2. The average Bonchev–Trinajstić information content (AvgIpc) is 3.03. The molecule has 3 rings (SSSR count). The monoisotopic (exact) mass is 354 g/mol. The van der Waals surface area contributed by atoms with E-state index in [4.69, 9.17) is 4.52 Å². The SMILES string of the molecule is CC[C@H](C(=O)NCCc1ccccc1)n1nc(C)c2c(C)onc2c1=O. The molecule has 0 saturated heterocycles. The highest BCUT2D eigenvalue weighted by Crippen LogP contribution is 2.18. The minimum Gasteiger partial charge on any atom is -0.360 e. The number of hydrogen-bond donors (Lipinski definition) is 1. The lowest BCUT2D eigenvalue weighted by molar-refractivity contribution is -0.124. The van der Waals surface area contributed by atoms with Crippen LogP contribution in [0.15, 0.2) is 39.6 Å². The van der Waals surface area contributed by atoms with Crippen molar-refractivity contribution in [2.45, 2.75) is 39.7 Å². The average molecular weight is 354 g/mol. The number of carbonyl (C=O) groups is 1. The van der Waals surface area contributed by atoms with Crippen LogP contribution in [0.2, 0.25) is 0 Å². The molecule has 0 aliphatic heterocycles. The largest absolute Gasteiger partial charge is 0.360 e. The Labute approximate surface area is 151 Å². The highest BCUT2D eigenvalue weighted by atomic mass is 16.5. The third-order valence-corrected chi connectivity index (χ3v) is 4.43. The van der Waals surface area contributed by atoms with E-state index in [2.05, 4.69) is 15.6 Å². The summed E-state index contributed by atoms with van der Waals surface area (Å²) in [6.07, 6.45) is 1.18. The van der Waals surface area contributed by atoms with Gasteiger partial charge in [0.05, 0.1) is 11.1 Å². The van der Waals surface area contributed by atoms with Crippen molar-refractivity contribution in [2.24, 2.45) is 0 Å². The van der Waals surface area contributed by atoms with Crippen LogP contribution in [0.4, 0.5) is 0 Å². The van der Waals surface area contributed by atoms with Crippen LogP contribution in [0.5, 0.6) is 0 Å². The van der Waals surface area contributed by atoms with E-state index in [1.165, 1.54) is 4.68 Å². The minimum absolute atomic E-state index is 0.213. The number of carbonyl (C=O) groups excluding carboxylic acids is 1. The molecule has 7 heteroatoms. The topological polar surface area (TPSA) is 90.0 Å². The molecule has 0 radical (unpaired) electrons. The third-order valence-electron chi connectivity index (χ3n) is 4.43. The summed E-state index contributed by atoms with van der Waals surface area (Å²) >= 11 is 0. The third kappa shape index (κ3) is 3.37. The molecular weight excluding hydrogens is 332 g/mol. The number of nitrogens with one attached hydrogen (secondary N) is 1. The van der Waals surface area contributed by atoms with Gasteiger partial charge in [0.25, 0.3) is 5.56 Å². The number of aryl methyl sites for hydroxylation is 2. The van der Waals surface area contributed by atoms with Gasteiger partial charge in [0.1, 0.15) is 11.8 Å². The Morgan fingerprint density at radius 2 is 2.00 bits per heavy atom. The number of hydrogen-bond acceptors (Lipinski definition) is 5. The molecule has 1 N–H and O–H groups in total. The number of fused-ring (bicyclic) bond motifs is 1. The predicted octanol–water partition coefficient (Wildman–Crippen LogP) is 2.31. The van der Waals surface area contributed by atoms with E-state index in [9.17, 15) is 9.59 Å². The second-order valence-electron chi connectivity index (χ2n) is 6.25. The molecule has 0 bridgehead atoms. The first-order chi connectivity index (χ1) is 12.5. The smallest absolute Gasteiger partial charge is 0.297 e. The standard InChI is InChI=1S/C19H22N4O3/c1-4-15(18(24)20-11-10-14-8-6-5-7-9-14)23-19(25)17-16(12(2)21-23)13(3)26-22-17/h5-9,15H,4,10-11H2,1-3H3,(H,20,24)/t15-/m1/s1. The lowest BCUT2D eigenvalue weighted by Gasteiger charge is -2.17. The molecule has 2 aromatic heterocycles. The predicted molar refractivity (Wildman–Crippen MR) is 98.0 cm³/mol. The van der Waals surface area contributed by atoms with Crippen molar-refractivity contribution in [1.29, 1.82) is 0 Å². The molecule has 0 spiro atoms. The molecule has 1 aromatic carbocycles. The summed E-state index contributed by atoms with van der Waals surface area (Å²) in [5, 5.41) is 11.7. The van der Waals surface area contributed by atoms with Gasteiger partial charge in [0.15, 0.2) is 5.52 Å². The Bertz CT molecular complexity index is 976. The number of nitrogens with zero attached hydrogens (tertiary/aromatic N) is 3. The van der Waals surface area contributed by atoms with Crippen LogP contribution < -0.4 is 10.9 Å². The first kappa shape index (κ1) is 17.8. The minimum atomic E-state index is -0.682. The van der Waals surface area contributed by atoms with E-state index >= 15 is 0 Å². The number of aromatic nitrogens is 3. The highest BCUT2D eigenvalue weighted by Gasteiger charge is 2.24. The van der Waals surface area contributed by atoms with Gasteiger partial charge >= 0.3 is 0 Å². The van der Waals surface area contributed by atoms with Crippen molar-refractivity contribution in [2.75, 3.05) is 6.54 Å². The Hall–Kier alpha value is -2.96. The molecule has 0 aliphatic carbocycles. The van der Waals surface area contributed by atoms with Crippen LogP contribution in [0, 0.1) is 13.8 Å². The van der Waals surface area contributed by atoms with Crippen LogP contribution >= 0.6 is 0 Å². The van der Waals surface area contributed by atoms with E-state index in [0.717, 1.165) is 12.0 Å². The van der Waals surface area contributed by atoms with Gasteiger partial charge in [-0.25, -0.2) is 4.68 Å². The molecular formula is C19H22N4O3. The van der Waals surface area contributed by atoms with Gasteiger partial charge in [-0.05, 0) is 32.3 Å². The maximum atomic E-state index is 12.7. The lowest BCUT2D eigenvalue weighted by Crippen LogP contribution is -2.39. The molecule has 136 valence electrons. The second kappa shape index (κ2) is 7.51. The van der Waals surface area contributed by atoms with E-state index in [0.29, 0.717) is 29.8 Å². The Morgan fingerprint density at radius 3 is 2.69 bits per heavy atom. The number of benzene rings is 1. The van der Waals surface area contributed by atoms with Gasteiger partial charge < -0.3 is 9.84 Å². The lowest BCUT2D eigenvalue weighted by atomic mass is 10.1. The van der Waals surface area contributed by atoms with Crippen molar-refractivity contribution in [1.82, 2.24) is 20.3 Å². The fourth-order valence-electron chi connectivity index (χ4n) is 3.08. The van der Waals surface area contributed by atoms with E-state index in [1.54, 1.807) is 13.8 Å². The maximum absolute atomic E-state index is 12.7. The van der Waals surface area contributed by atoms with Gasteiger partial charge in [-0.15, -0.1) is 0 Å². The normalized spacial score (nSPS) is 12.3. The van der Waals surface area contributed by atoms with Crippen molar-refractivity contribution in [3.05, 3.63) is 57.7 Å². The summed E-state index contributed by atoms with van der Waals surface area (Å²) in [6, 6.07) is 9.23. The Balaban J connectivity index is 1.80. The van der Waals surface area contributed by atoms with E-state index in [-0.39, 0.29) is 11.4 Å². The fourth-order valence-corrected chi connectivity index (χ4v) is 3.08. The summed E-state index contributed by atoms with van der Waals surface area (Å²) in [5.74, 6) is 0.326. The molecule has 0 saturated carbocycles. The van der Waals surface area contributed by atoms with Crippen LogP contribution in [0.25, 0.3) is 10.9 Å². The maximum Gasteiger partial charge on any atom is 0.297 e. The van der Waals surface area contributed by atoms with Crippen LogP contribution in [0.3, 0.4) is 0 Å². The highest BCUT2D eigenvalue weighted by molar-refractivity contribution is 5.83. The molecule has 26 heavy (non-hydrogen) atoms. The van der Waals surface area contributed by atoms with Gasteiger partial charge in [-0.1, -0.05) is 42.4 Å². The van der Waals surface area contributed by atoms with Crippen LogP contribution in [0.1, 0.15) is 36.4 Å². The van der Waals surface area contributed by atoms with Gasteiger partial charge in [-0.3, -0.25) is 9.59 Å². The van der Waals surface area contributed by atoms with Crippen molar-refractivity contribution < 1.29 is 9.32 Å². The van der Waals surface area contributed by atoms with Gasteiger partial charge in [0.2, 0.25) is 5.91 Å². The first-order valence-corrected chi connectivity index (χ1v) is 8.70. The van der Waals surface area contributed by atoms with Gasteiger partial charge in [-0.2, -0.15) is 5.10 Å². The van der Waals surface area contributed by atoms with Crippen molar-refractivity contribution >= 4 is 16.8 Å². The summed E-state index contributed by atoms with van der Waals surface area (Å²) in [4.78, 5) is 25.3. The zero-order chi connectivity index (χ0) is 18.7. The van der Waals surface area contributed by atoms with E-state index < -0.39 is 11.6 Å². The second-order valence-corrected chi connectivity index (χ2v) is 6.25. The van der Waals surface area contributed by atoms with Gasteiger partial charge in [0, 0.05) is 6.54 Å².